The van der Waals surface area contributed by atoms with Gasteiger partial charge in [-0.25, -0.2) is 4.39 Å². The Morgan fingerprint density at radius 1 is 1.53 bits per heavy atom. The van der Waals surface area contributed by atoms with Crippen molar-refractivity contribution in [1.82, 2.24) is 5.32 Å². The number of ether oxygens (including phenoxy) is 1. The number of carbonyl (C=O) groups excluding carboxylic acids is 1. The molecule has 1 N–H and O–H groups in total. The van der Waals surface area contributed by atoms with E-state index in [9.17, 15) is 9.18 Å². The van der Waals surface area contributed by atoms with Crippen LogP contribution in [-0.4, -0.2) is 24.7 Å². The second-order valence-electron chi connectivity index (χ2n) is 5.06. The number of esters is 1. The van der Waals surface area contributed by atoms with Gasteiger partial charge in [0.25, 0.3) is 0 Å². The van der Waals surface area contributed by atoms with Gasteiger partial charge in [0.2, 0.25) is 0 Å². The van der Waals surface area contributed by atoms with E-state index in [4.69, 9.17) is 4.74 Å². The normalized spacial score (nSPS) is 23.5. The molecule has 0 bridgehead atoms. The number of benzene rings is 1. The summed E-state index contributed by atoms with van der Waals surface area (Å²) in [6.07, 6.45) is 1.88. The van der Waals surface area contributed by atoms with Gasteiger partial charge in [-0.05, 0) is 50.3 Å². The van der Waals surface area contributed by atoms with Crippen LogP contribution in [0.5, 0.6) is 0 Å². The van der Waals surface area contributed by atoms with E-state index < -0.39 is 0 Å². The minimum atomic E-state index is -0.279. The van der Waals surface area contributed by atoms with Crippen LogP contribution in [0.1, 0.15) is 38.2 Å². The van der Waals surface area contributed by atoms with E-state index in [-0.39, 0.29) is 17.8 Å². The van der Waals surface area contributed by atoms with Crippen LogP contribution < -0.4 is 5.32 Å². The first kappa shape index (κ1) is 14.0. The number of carbonyl (C=O) groups is 1. The number of hydrogen-bond donors (Lipinski definition) is 1. The standard InChI is InChI=1S/C15H20FNO2/c1-3-19-15(18)10(2)17-14-8-12(9-14)11-5-4-6-13(16)7-11/h4-7,10,12,14,17H,3,8-9H2,1-2H3. The Morgan fingerprint density at radius 3 is 2.89 bits per heavy atom. The summed E-state index contributed by atoms with van der Waals surface area (Å²) in [6.45, 7) is 4.02. The molecule has 1 atom stereocenters. The predicted octanol–water partition coefficient (Wildman–Crippen LogP) is 2.61. The molecule has 0 amide bonds. The van der Waals surface area contributed by atoms with Gasteiger partial charge in [0.05, 0.1) is 6.61 Å². The van der Waals surface area contributed by atoms with Gasteiger partial charge in [-0.1, -0.05) is 12.1 Å². The average molecular weight is 265 g/mol. The van der Waals surface area contributed by atoms with Gasteiger partial charge in [-0.2, -0.15) is 0 Å². The third-order valence-electron chi connectivity index (χ3n) is 3.58. The minimum Gasteiger partial charge on any atom is -0.465 e. The topological polar surface area (TPSA) is 38.3 Å². The molecule has 1 aromatic rings. The molecule has 0 aliphatic heterocycles. The van der Waals surface area contributed by atoms with Crippen LogP contribution in [0.2, 0.25) is 0 Å². The third-order valence-corrected chi connectivity index (χ3v) is 3.58. The van der Waals surface area contributed by atoms with Crippen molar-refractivity contribution in [3.63, 3.8) is 0 Å². The molecule has 104 valence electrons. The molecule has 1 aromatic carbocycles. The van der Waals surface area contributed by atoms with E-state index in [0.29, 0.717) is 18.6 Å². The van der Waals surface area contributed by atoms with Crippen molar-refractivity contribution in [3.05, 3.63) is 35.6 Å². The van der Waals surface area contributed by atoms with Gasteiger partial charge in [-0.15, -0.1) is 0 Å². The van der Waals surface area contributed by atoms with Crippen LogP contribution in [0.15, 0.2) is 24.3 Å². The zero-order chi connectivity index (χ0) is 13.8. The van der Waals surface area contributed by atoms with Crippen LogP contribution in [0.3, 0.4) is 0 Å². The van der Waals surface area contributed by atoms with Crippen molar-refractivity contribution in [2.45, 2.75) is 44.7 Å². The Hall–Kier alpha value is -1.42. The van der Waals surface area contributed by atoms with Crippen molar-refractivity contribution in [2.75, 3.05) is 6.61 Å². The van der Waals surface area contributed by atoms with Crippen molar-refractivity contribution in [1.29, 1.82) is 0 Å². The van der Waals surface area contributed by atoms with E-state index in [1.54, 1.807) is 19.1 Å². The zero-order valence-corrected chi connectivity index (χ0v) is 11.4. The number of hydrogen-bond acceptors (Lipinski definition) is 3. The van der Waals surface area contributed by atoms with Crippen molar-refractivity contribution in [3.8, 4) is 0 Å². The summed E-state index contributed by atoms with van der Waals surface area (Å²) < 4.78 is 18.1. The fourth-order valence-corrected chi connectivity index (χ4v) is 2.48. The molecule has 1 fully saturated rings. The monoisotopic (exact) mass is 265 g/mol. The molecule has 3 nitrogen and oxygen atoms in total. The first-order valence-electron chi connectivity index (χ1n) is 6.78. The summed E-state index contributed by atoms with van der Waals surface area (Å²) in [6, 6.07) is 6.79. The van der Waals surface area contributed by atoms with Gasteiger partial charge in [0, 0.05) is 6.04 Å². The lowest BCUT2D eigenvalue weighted by atomic mass is 9.75. The highest BCUT2D eigenvalue weighted by Gasteiger charge is 2.32. The van der Waals surface area contributed by atoms with Gasteiger partial charge in [0.1, 0.15) is 11.9 Å². The Morgan fingerprint density at radius 2 is 2.26 bits per heavy atom. The molecule has 1 aliphatic carbocycles. The smallest absolute Gasteiger partial charge is 0.322 e. The van der Waals surface area contributed by atoms with Crippen LogP contribution in [0.25, 0.3) is 0 Å². The highest BCUT2D eigenvalue weighted by Crippen LogP contribution is 2.37. The number of halogens is 1. The quantitative estimate of drug-likeness (QED) is 0.832. The van der Waals surface area contributed by atoms with E-state index in [2.05, 4.69) is 5.32 Å². The van der Waals surface area contributed by atoms with Crippen molar-refractivity contribution in [2.24, 2.45) is 0 Å². The summed E-state index contributed by atoms with van der Waals surface area (Å²) in [5.41, 5.74) is 1.04. The van der Waals surface area contributed by atoms with Crippen LogP contribution in [0.4, 0.5) is 4.39 Å². The predicted molar refractivity (Wildman–Crippen MR) is 71.4 cm³/mol. The highest BCUT2D eigenvalue weighted by molar-refractivity contribution is 5.75. The molecule has 19 heavy (non-hydrogen) atoms. The van der Waals surface area contributed by atoms with Gasteiger partial charge in [-0.3, -0.25) is 4.79 Å². The Kier molecular flexibility index (Phi) is 4.53. The van der Waals surface area contributed by atoms with E-state index in [1.165, 1.54) is 6.07 Å². The molecule has 1 saturated carbocycles. The second kappa shape index (κ2) is 6.15. The lowest BCUT2D eigenvalue weighted by Crippen LogP contribution is -2.47. The molecule has 0 heterocycles. The fourth-order valence-electron chi connectivity index (χ4n) is 2.48. The first-order valence-corrected chi connectivity index (χ1v) is 6.78. The first-order chi connectivity index (χ1) is 9.10. The van der Waals surface area contributed by atoms with Crippen LogP contribution >= 0.6 is 0 Å². The fraction of sp³-hybridized carbons (Fsp3) is 0.533. The van der Waals surface area contributed by atoms with Gasteiger partial charge < -0.3 is 10.1 Å². The Labute approximate surface area is 113 Å². The molecule has 0 aromatic heterocycles. The van der Waals surface area contributed by atoms with Crippen molar-refractivity contribution < 1.29 is 13.9 Å². The lowest BCUT2D eigenvalue weighted by Gasteiger charge is -2.37. The highest BCUT2D eigenvalue weighted by atomic mass is 19.1. The largest absolute Gasteiger partial charge is 0.465 e. The number of rotatable bonds is 5. The van der Waals surface area contributed by atoms with E-state index in [0.717, 1.165) is 18.4 Å². The summed E-state index contributed by atoms with van der Waals surface area (Å²) in [4.78, 5) is 11.5. The molecule has 0 spiro atoms. The molecule has 4 heteroatoms. The van der Waals surface area contributed by atoms with Crippen LogP contribution in [0, 0.1) is 5.82 Å². The maximum absolute atomic E-state index is 13.1. The average Bonchev–Trinajstić information content (AvgIpc) is 2.33. The van der Waals surface area contributed by atoms with Gasteiger partial charge in [0.15, 0.2) is 0 Å². The molecule has 0 saturated heterocycles. The molecule has 2 rings (SSSR count). The summed E-state index contributed by atoms with van der Waals surface area (Å²) in [7, 11) is 0. The summed E-state index contributed by atoms with van der Waals surface area (Å²) in [5.74, 6) is -0.00639. The summed E-state index contributed by atoms with van der Waals surface area (Å²) >= 11 is 0. The zero-order valence-electron chi connectivity index (χ0n) is 11.4. The molecular weight excluding hydrogens is 245 g/mol. The molecule has 1 unspecified atom stereocenters. The lowest BCUT2D eigenvalue weighted by molar-refractivity contribution is -0.145. The minimum absolute atomic E-state index is 0.186. The van der Waals surface area contributed by atoms with Crippen molar-refractivity contribution >= 4 is 5.97 Å². The van der Waals surface area contributed by atoms with E-state index in [1.807, 2.05) is 13.0 Å². The van der Waals surface area contributed by atoms with E-state index >= 15 is 0 Å². The molecule has 0 radical (unpaired) electrons. The Bertz CT molecular complexity index is 444. The maximum atomic E-state index is 13.1. The SMILES string of the molecule is CCOC(=O)C(C)NC1CC(c2cccc(F)c2)C1. The maximum Gasteiger partial charge on any atom is 0.322 e. The third kappa shape index (κ3) is 3.53. The van der Waals surface area contributed by atoms with Crippen LogP contribution in [-0.2, 0) is 9.53 Å². The number of nitrogens with one attached hydrogen (secondary N) is 1. The second-order valence-corrected chi connectivity index (χ2v) is 5.06. The molecule has 1 aliphatic rings. The molecular formula is C15H20FNO2. The summed E-state index contributed by atoms with van der Waals surface area (Å²) in [5, 5.41) is 3.25. The Balaban J connectivity index is 1.79. The van der Waals surface area contributed by atoms with Gasteiger partial charge >= 0.3 is 5.97 Å².